The third-order valence-corrected chi connectivity index (χ3v) is 3.20. The fourth-order valence-corrected chi connectivity index (χ4v) is 2.44. The van der Waals surface area contributed by atoms with E-state index in [4.69, 9.17) is 4.42 Å². The van der Waals surface area contributed by atoms with E-state index in [1.807, 2.05) is 0 Å². The summed E-state index contributed by atoms with van der Waals surface area (Å²) in [6, 6.07) is 6.37. The molecule has 0 aliphatic heterocycles. The zero-order valence-corrected chi connectivity index (χ0v) is 9.13. The molecule has 2 aromatic rings. The minimum atomic E-state index is 1.04. The van der Waals surface area contributed by atoms with Gasteiger partial charge in [0.2, 0.25) is 0 Å². The maximum absolute atomic E-state index is 5.95. The van der Waals surface area contributed by atoms with Crippen LogP contribution in [-0.4, -0.2) is 0 Å². The van der Waals surface area contributed by atoms with Crippen LogP contribution in [0.4, 0.5) is 0 Å². The molecule has 0 saturated heterocycles. The summed E-state index contributed by atoms with van der Waals surface area (Å²) >= 11 is 0. The number of furan rings is 1. The van der Waals surface area contributed by atoms with Crippen LogP contribution in [0.3, 0.4) is 0 Å². The number of benzene rings is 1. The summed E-state index contributed by atoms with van der Waals surface area (Å²) in [6.07, 6.45) is 4.46. The van der Waals surface area contributed by atoms with Crippen LogP contribution < -0.4 is 0 Å². The topological polar surface area (TPSA) is 13.1 Å². The van der Waals surface area contributed by atoms with Gasteiger partial charge in [-0.15, -0.1) is 0 Å². The summed E-state index contributed by atoms with van der Waals surface area (Å²) in [4.78, 5) is 0. The van der Waals surface area contributed by atoms with Crippen molar-refractivity contribution in [3.8, 4) is 0 Å². The van der Waals surface area contributed by atoms with Gasteiger partial charge in [0.05, 0.1) is 0 Å². The van der Waals surface area contributed by atoms with Gasteiger partial charge in [-0.05, 0) is 31.4 Å². The maximum atomic E-state index is 5.95. The second-order valence-corrected chi connectivity index (χ2v) is 4.28. The molecule has 0 atom stereocenters. The molecular formula is C14H14O. The van der Waals surface area contributed by atoms with Crippen LogP contribution in [0.5, 0.6) is 0 Å². The highest BCUT2D eigenvalue weighted by Crippen LogP contribution is 2.36. The van der Waals surface area contributed by atoms with E-state index in [1.54, 1.807) is 0 Å². The molecule has 0 unspecified atom stereocenters. The highest BCUT2D eigenvalue weighted by molar-refractivity contribution is 5.94. The average Bonchev–Trinajstić information content (AvgIpc) is 2.59. The van der Waals surface area contributed by atoms with E-state index < -0.39 is 0 Å². The van der Waals surface area contributed by atoms with Gasteiger partial charge in [0, 0.05) is 17.4 Å². The lowest BCUT2D eigenvalue weighted by atomic mass is 9.95. The van der Waals surface area contributed by atoms with Crippen LogP contribution in [0.25, 0.3) is 16.5 Å². The Balaban J connectivity index is 2.43. The molecule has 15 heavy (non-hydrogen) atoms. The third kappa shape index (κ3) is 1.16. The van der Waals surface area contributed by atoms with Crippen molar-refractivity contribution in [3.63, 3.8) is 0 Å². The molecule has 1 aliphatic carbocycles. The largest absolute Gasteiger partial charge is 0.460 e. The van der Waals surface area contributed by atoms with E-state index in [1.165, 1.54) is 27.8 Å². The predicted octanol–water partition coefficient (Wildman–Crippen LogP) is 4.09. The molecule has 1 aromatic heterocycles. The van der Waals surface area contributed by atoms with Crippen molar-refractivity contribution in [1.29, 1.82) is 0 Å². The first-order chi connectivity index (χ1) is 7.27. The van der Waals surface area contributed by atoms with Gasteiger partial charge in [-0.1, -0.05) is 24.3 Å². The zero-order chi connectivity index (χ0) is 10.4. The Labute approximate surface area is 89.4 Å². The van der Waals surface area contributed by atoms with Gasteiger partial charge in [0.25, 0.3) is 0 Å². The van der Waals surface area contributed by atoms with Crippen molar-refractivity contribution < 1.29 is 4.42 Å². The van der Waals surface area contributed by atoms with Crippen LogP contribution in [0.15, 0.2) is 28.7 Å². The Kier molecular flexibility index (Phi) is 1.75. The average molecular weight is 198 g/mol. The smallest absolute Gasteiger partial charge is 0.137 e. The van der Waals surface area contributed by atoms with Crippen molar-refractivity contribution in [2.45, 2.75) is 26.7 Å². The van der Waals surface area contributed by atoms with Gasteiger partial charge in [-0.2, -0.15) is 0 Å². The van der Waals surface area contributed by atoms with E-state index in [9.17, 15) is 0 Å². The van der Waals surface area contributed by atoms with Gasteiger partial charge in [-0.25, -0.2) is 0 Å². The number of hydrogen-bond acceptors (Lipinski definition) is 1. The summed E-state index contributed by atoms with van der Waals surface area (Å²) in [5.41, 5.74) is 4.99. The number of rotatable bonds is 0. The molecular weight excluding hydrogens is 184 g/mol. The fraction of sp³-hybridized carbons (Fsp3) is 0.286. The van der Waals surface area contributed by atoms with Gasteiger partial charge < -0.3 is 4.42 Å². The third-order valence-electron chi connectivity index (χ3n) is 3.20. The molecule has 1 nitrogen and oxygen atoms in total. The number of hydrogen-bond donors (Lipinski definition) is 0. The Bertz CT molecular complexity index is 558. The van der Waals surface area contributed by atoms with Crippen LogP contribution in [-0.2, 0) is 6.42 Å². The lowest BCUT2D eigenvalue weighted by molar-refractivity contribution is 0.543. The van der Waals surface area contributed by atoms with Crippen molar-refractivity contribution in [2.24, 2.45) is 0 Å². The van der Waals surface area contributed by atoms with Gasteiger partial charge in [-0.3, -0.25) is 0 Å². The molecule has 0 N–H and O–H groups in total. The predicted molar refractivity (Wildman–Crippen MR) is 62.9 cm³/mol. The molecule has 0 amide bonds. The summed E-state index contributed by atoms with van der Waals surface area (Å²) in [7, 11) is 0. The Morgan fingerprint density at radius 2 is 2.07 bits per heavy atom. The summed E-state index contributed by atoms with van der Waals surface area (Å²) in [6.45, 7) is 4.28. The Morgan fingerprint density at radius 3 is 2.93 bits per heavy atom. The monoisotopic (exact) mass is 198 g/mol. The second kappa shape index (κ2) is 2.99. The van der Waals surface area contributed by atoms with E-state index in [-0.39, 0.29) is 0 Å². The number of allylic oxidation sites excluding steroid dienone is 2. The number of aryl methyl sites for hydroxylation is 2. The standard InChI is InChI=1S/C14H14O/c1-9-5-4-8-12-13(9)11-7-3-6-10(2)14(11)15-12/h3,5-7H,4,8H2,1-2H3. The molecule has 1 heteroatoms. The fourth-order valence-electron chi connectivity index (χ4n) is 2.44. The number of fused-ring (bicyclic) bond motifs is 3. The van der Waals surface area contributed by atoms with Crippen LogP contribution in [0.2, 0.25) is 0 Å². The summed E-state index contributed by atoms with van der Waals surface area (Å²) < 4.78 is 5.95. The van der Waals surface area contributed by atoms with Crippen LogP contribution in [0, 0.1) is 6.92 Å². The van der Waals surface area contributed by atoms with E-state index >= 15 is 0 Å². The van der Waals surface area contributed by atoms with Gasteiger partial charge in [0.15, 0.2) is 0 Å². The maximum Gasteiger partial charge on any atom is 0.137 e. The molecule has 0 radical (unpaired) electrons. The molecule has 0 bridgehead atoms. The molecule has 1 aliphatic rings. The first-order valence-electron chi connectivity index (χ1n) is 5.45. The zero-order valence-electron chi connectivity index (χ0n) is 9.13. The molecule has 0 fully saturated rings. The molecule has 76 valence electrons. The van der Waals surface area contributed by atoms with Crippen molar-refractivity contribution >= 4 is 16.5 Å². The van der Waals surface area contributed by atoms with Crippen molar-refractivity contribution in [2.75, 3.05) is 0 Å². The SMILES string of the molecule is CC1=CCCc2oc3c(C)cccc3c21. The molecule has 1 aromatic carbocycles. The highest BCUT2D eigenvalue weighted by atomic mass is 16.3. The Hall–Kier alpha value is -1.50. The molecule has 1 heterocycles. The lowest BCUT2D eigenvalue weighted by Gasteiger charge is -2.08. The quantitative estimate of drug-likeness (QED) is 0.621. The number of para-hydroxylation sites is 1. The van der Waals surface area contributed by atoms with Gasteiger partial charge in [0.1, 0.15) is 11.3 Å². The molecule has 0 spiro atoms. The van der Waals surface area contributed by atoms with E-state index in [0.29, 0.717) is 0 Å². The second-order valence-electron chi connectivity index (χ2n) is 4.28. The highest BCUT2D eigenvalue weighted by Gasteiger charge is 2.18. The summed E-state index contributed by atoms with van der Waals surface area (Å²) in [5, 5.41) is 1.28. The first kappa shape index (κ1) is 8.78. The normalized spacial score (nSPS) is 15.2. The minimum Gasteiger partial charge on any atom is -0.460 e. The molecule has 0 saturated carbocycles. The van der Waals surface area contributed by atoms with Crippen LogP contribution >= 0.6 is 0 Å². The van der Waals surface area contributed by atoms with E-state index in [2.05, 4.69) is 38.1 Å². The van der Waals surface area contributed by atoms with E-state index in [0.717, 1.165) is 18.4 Å². The van der Waals surface area contributed by atoms with Crippen molar-refractivity contribution in [3.05, 3.63) is 41.2 Å². The van der Waals surface area contributed by atoms with Crippen molar-refractivity contribution in [1.82, 2.24) is 0 Å². The first-order valence-corrected chi connectivity index (χ1v) is 5.45. The molecule has 3 rings (SSSR count). The Morgan fingerprint density at radius 1 is 1.20 bits per heavy atom. The minimum absolute atomic E-state index is 1.04. The summed E-state index contributed by atoms with van der Waals surface area (Å²) in [5.74, 6) is 1.17. The van der Waals surface area contributed by atoms with Gasteiger partial charge >= 0.3 is 0 Å². The lowest BCUT2D eigenvalue weighted by Crippen LogP contribution is -1.93. The van der Waals surface area contributed by atoms with Crippen LogP contribution in [0.1, 0.15) is 30.2 Å².